The van der Waals surface area contributed by atoms with Crippen LogP contribution in [0.5, 0.6) is 0 Å². The van der Waals surface area contributed by atoms with Gasteiger partial charge in [-0.25, -0.2) is 4.79 Å². The van der Waals surface area contributed by atoms with E-state index < -0.39 is 0 Å². The number of aryl methyl sites for hydroxylation is 1. The summed E-state index contributed by atoms with van der Waals surface area (Å²) in [6.07, 6.45) is 6.46. The molecule has 0 radical (unpaired) electrons. The van der Waals surface area contributed by atoms with Crippen LogP contribution in [0.25, 0.3) is 5.57 Å². The van der Waals surface area contributed by atoms with Crippen molar-refractivity contribution in [1.82, 2.24) is 14.7 Å². The lowest BCUT2D eigenvalue weighted by molar-refractivity contribution is -0.0342. The summed E-state index contributed by atoms with van der Waals surface area (Å²) < 4.78 is 13.0. The Kier molecular flexibility index (Phi) is 4.28. The molecule has 3 heterocycles. The molecule has 1 aromatic carbocycles. The number of amides is 1. The number of hydrogen-bond donors (Lipinski definition) is 0. The van der Waals surface area contributed by atoms with Crippen molar-refractivity contribution in [2.45, 2.75) is 25.1 Å². The number of carbonyl (C=O) groups is 1. The van der Waals surface area contributed by atoms with E-state index in [1.807, 2.05) is 54.7 Å². The minimum Gasteiger partial charge on any atom is -0.445 e. The van der Waals surface area contributed by atoms with Crippen LogP contribution in [0.1, 0.15) is 17.5 Å². The van der Waals surface area contributed by atoms with Gasteiger partial charge in [0, 0.05) is 18.8 Å². The van der Waals surface area contributed by atoms with E-state index in [1.54, 1.807) is 4.68 Å². The zero-order chi connectivity index (χ0) is 17.2. The zero-order valence-corrected chi connectivity index (χ0v) is 14.2. The van der Waals surface area contributed by atoms with Crippen LogP contribution in [0.2, 0.25) is 0 Å². The first-order chi connectivity index (χ1) is 12.2. The third kappa shape index (κ3) is 3.30. The van der Waals surface area contributed by atoms with Crippen LogP contribution in [0.15, 0.2) is 48.8 Å². The summed E-state index contributed by atoms with van der Waals surface area (Å²) in [5, 5.41) is 4.24. The second kappa shape index (κ2) is 6.72. The molecule has 2 aliphatic heterocycles. The van der Waals surface area contributed by atoms with Gasteiger partial charge in [0.25, 0.3) is 0 Å². The molecule has 1 amide bonds. The Morgan fingerprint density at radius 1 is 1.32 bits per heavy atom. The fourth-order valence-electron chi connectivity index (χ4n) is 3.48. The number of fused-ring (bicyclic) bond motifs is 2. The van der Waals surface area contributed by atoms with Crippen LogP contribution < -0.4 is 0 Å². The first-order valence-electron chi connectivity index (χ1n) is 8.47. The minimum absolute atomic E-state index is 0.00206. The average Bonchev–Trinajstić information content (AvgIpc) is 3.06. The van der Waals surface area contributed by atoms with Crippen molar-refractivity contribution in [3.63, 3.8) is 0 Å². The van der Waals surface area contributed by atoms with E-state index in [4.69, 9.17) is 9.47 Å². The van der Waals surface area contributed by atoms with Gasteiger partial charge in [0.05, 0.1) is 31.5 Å². The van der Waals surface area contributed by atoms with Gasteiger partial charge in [-0.05, 0) is 17.6 Å². The second-order valence-corrected chi connectivity index (χ2v) is 6.50. The average molecular weight is 339 g/mol. The second-order valence-electron chi connectivity index (χ2n) is 6.50. The number of hydrogen-bond acceptors (Lipinski definition) is 4. The van der Waals surface area contributed by atoms with E-state index in [1.165, 1.54) is 5.57 Å². The summed E-state index contributed by atoms with van der Waals surface area (Å²) in [5.74, 6) is 0. The highest BCUT2D eigenvalue weighted by atomic mass is 16.6. The fourth-order valence-corrected chi connectivity index (χ4v) is 3.48. The van der Waals surface area contributed by atoms with Crippen molar-refractivity contribution in [1.29, 1.82) is 0 Å². The van der Waals surface area contributed by atoms with Gasteiger partial charge < -0.3 is 9.47 Å². The molecule has 4 rings (SSSR count). The van der Waals surface area contributed by atoms with Crippen molar-refractivity contribution in [3.8, 4) is 0 Å². The SMILES string of the molecule is Cn1cc(C2=CC3COCC(C2)N3C(=O)OCc2ccccc2)cn1. The van der Waals surface area contributed by atoms with E-state index in [0.717, 1.165) is 17.5 Å². The first kappa shape index (κ1) is 15.9. The summed E-state index contributed by atoms with van der Waals surface area (Å²) in [5.41, 5.74) is 3.32. The maximum atomic E-state index is 12.6. The third-order valence-corrected chi connectivity index (χ3v) is 4.69. The van der Waals surface area contributed by atoms with Crippen molar-refractivity contribution < 1.29 is 14.3 Å². The number of ether oxygens (including phenoxy) is 2. The molecule has 6 heteroatoms. The number of benzene rings is 1. The Morgan fingerprint density at radius 3 is 2.88 bits per heavy atom. The summed E-state index contributed by atoms with van der Waals surface area (Å²) >= 11 is 0. The van der Waals surface area contributed by atoms with Gasteiger partial charge in [-0.3, -0.25) is 9.58 Å². The quantitative estimate of drug-likeness (QED) is 0.862. The van der Waals surface area contributed by atoms with Crippen LogP contribution in [0.4, 0.5) is 4.79 Å². The molecular weight excluding hydrogens is 318 g/mol. The summed E-state index contributed by atoms with van der Waals surface area (Å²) in [6.45, 7) is 1.32. The third-order valence-electron chi connectivity index (χ3n) is 4.69. The van der Waals surface area contributed by atoms with Crippen LogP contribution in [0.3, 0.4) is 0 Å². The largest absolute Gasteiger partial charge is 0.445 e. The van der Waals surface area contributed by atoms with Gasteiger partial charge in [-0.2, -0.15) is 5.10 Å². The fraction of sp³-hybridized carbons (Fsp3) is 0.368. The molecule has 2 bridgehead atoms. The zero-order valence-electron chi connectivity index (χ0n) is 14.2. The molecule has 6 nitrogen and oxygen atoms in total. The molecule has 1 fully saturated rings. The molecule has 2 atom stereocenters. The Hall–Kier alpha value is -2.60. The molecule has 0 spiro atoms. The Bertz CT molecular complexity index is 784. The number of morpholine rings is 1. The minimum atomic E-state index is -0.274. The van der Waals surface area contributed by atoms with Gasteiger partial charge in [-0.15, -0.1) is 0 Å². The summed E-state index contributed by atoms with van der Waals surface area (Å²) in [7, 11) is 1.91. The van der Waals surface area contributed by atoms with Gasteiger partial charge >= 0.3 is 6.09 Å². The lowest BCUT2D eigenvalue weighted by atomic mass is 9.91. The number of carbonyl (C=O) groups excluding carboxylic acids is 1. The number of nitrogens with zero attached hydrogens (tertiary/aromatic N) is 3. The van der Waals surface area contributed by atoms with E-state index in [0.29, 0.717) is 13.2 Å². The molecule has 0 saturated carbocycles. The van der Waals surface area contributed by atoms with Crippen LogP contribution in [-0.2, 0) is 23.1 Å². The monoisotopic (exact) mass is 339 g/mol. The summed E-state index contributed by atoms with van der Waals surface area (Å²) in [4.78, 5) is 14.5. The predicted molar refractivity (Wildman–Crippen MR) is 92.7 cm³/mol. The van der Waals surface area contributed by atoms with Crippen molar-refractivity contribution in [3.05, 3.63) is 59.9 Å². The van der Waals surface area contributed by atoms with E-state index in [-0.39, 0.29) is 24.8 Å². The van der Waals surface area contributed by atoms with Gasteiger partial charge in [0.1, 0.15) is 6.61 Å². The van der Waals surface area contributed by atoms with Gasteiger partial charge in [-0.1, -0.05) is 36.4 Å². The summed E-state index contributed by atoms with van der Waals surface area (Å²) in [6, 6.07) is 9.64. The Balaban J connectivity index is 1.49. The normalized spacial score (nSPS) is 22.4. The first-order valence-corrected chi connectivity index (χ1v) is 8.47. The van der Waals surface area contributed by atoms with E-state index >= 15 is 0 Å². The van der Waals surface area contributed by atoms with E-state index in [9.17, 15) is 4.79 Å². The maximum absolute atomic E-state index is 12.6. The highest BCUT2D eigenvalue weighted by molar-refractivity contribution is 5.74. The molecule has 0 aliphatic carbocycles. The van der Waals surface area contributed by atoms with Gasteiger partial charge in [0.2, 0.25) is 0 Å². The predicted octanol–water partition coefficient (Wildman–Crippen LogP) is 2.61. The lowest BCUT2D eigenvalue weighted by Gasteiger charge is -2.43. The van der Waals surface area contributed by atoms with Crippen LogP contribution in [0, 0.1) is 0 Å². The topological polar surface area (TPSA) is 56.6 Å². The molecule has 1 saturated heterocycles. The van der Waals surface area contributed by atoms with Crippen molar-refractivity contribution >= 4 is 11.7 Å². The van der Waals surface area contributed by atoms with E-state index in [2.05, 4.69) is 11.2 Å². The highest BCUT2D eigenvalue weighted by Gasteiger charge is 2.39. The molecule has 1 aromatic heterocycles. The smallest absolute Gasteiger partial charge is 0.411 e. The standard InChI is InChI=1S/C19H21N3O3/c1-21-10-16(9-20-21)15-7-17-12-24-13-18(8-15)22(17)19(23)25-11-14-5-3-2-4-6-14/h2-7,9-10,17-18H,8,11-13H2,1H3. The van der Waals surface area contributed by atoms with Crippen molar-refractivity contribution in [2.24, 2.45) is 7.05 Å². The molecule has 130 valence electrons. The van der Waals surface area contributed by atoms with Gasteiger partial charge in [0.15, 0.2) is 0 Å². The molecule has 2 aromatic rings. The molecular formula is C19H21N3O3. The maximum Gasteiger partial charge on any atom is 0.411 e. The molecule has 0 N–H and O–H groups in total. The molecule has 2 aliphatic rings. The van der Waals surface area contributed by atoms with Crippen LogP contribution >= 0.6 is 0 Å². The lowest BCUT2D eigenvalue weighted by Crippen LogP contribution is -2.56. The van der Waals surface area contributed by atoms with Crippen molar-refractivity contribution in [2.75, 3.05) is 13.2 Å². The Labute approximate surface area is 146 Å². The highest BCUT2D eigenvalue weighted by Crippen LogP contribution is 2.32. The molecule has 2 unspecified atom stereocenters. The Morgan fingerprint density at radius 2 is 2.16 bits per heavy atom. The van der Waals surface area contributed by atoms with Crippen LogP contribution in [-0.4, -0.2) is 46.1 Å². The molecule has 25 heavy (non-hydrogen) atoms. The number of rotatable bonds is 3. The number of aromatic nitrogens is 2.